The number of anilines is 2. The van der Waals surface area contributed by atoms with Gasteiger partial charge in [-0.25, -0.2) is 4.68 Å². The molecule has 1 aromatic heterocycles. The van der Waals surface area contributed by atoms with E-state index < -0.39 is 0 Å². The summed E-state index contributed by atoms with van der Waals surface area (Å²) in [4.78, 5) is 12.4. The molecule has 146 valence electrons. The van der Waals surface area contributed by atoms with Gasteiger partial charge in [-0.2, -0.15) is 5.10 Å². The summed E-state index contributed by atoms with van der Waals surface area (Å²) in [6.07, 6.45) is 0. The Morgan fingerprint density at radius 3 is 2.25 bits per heavy atom. The van der Waals surface area contributed by atoms with Crippen molar-refractivity contribution < 1.29 is 4.79 Å². The number of aromatic nitrogens is 2. The van der Waals surface area contributed by atoms with Crippen LogP contribution in [0.1, 0.15) is 42.3 Å². The minimum Gasteiger partial charge on any atom is -0.376 e. The highest BCUT2D eigenvalue weighted by Gasteiger charge is 2.15. The van der Waals surface area contributed by atoms with Crippen LogP contribution in [0.3, 0.4) is 0 Å². The van der Waals surface area contributed by atoms with E-state index in [9.17, 15) is 4.79 Å². The van der Waals surface area contributed by atoms with Crippen molar-refractivity contribution in [3.63, 3.8) is 0 Å². The van der Waals surface area contributed by atoms with Crippen LogP contribution < -0.4 is 10.6 Å². The number of rotatable bonds is 6. The molecule has 1 heterocycles. The molecule has 3 aromatic rings. The maximum absolute atomic E-state index is 12.4. The first-order valence-electron chi connectivity index (χ1n) is 9.62. The molecule has 0 aliphatic heterocycles. The van der Waals surface area contributed by atoms with Gasteiger partial charge in [-0.05, 0) is 56.5 Å². The van der Waals surface area contributed by atoms with Gasteiger partial charge >= 0.3 is 0 Å². The number of nitrogens with one attached hydrogen (secondary N) is 2. The maximum Gasteiger partial charge on any atom is 0.243 e. The number of hydrogen-bond donors (Lipinski definition) is 2. The van der Waals surface area contributed by atoms with Crippen LogP contribution in [-0.4, -0.2) is 22.2 Å². The summed E-state index contributed by atoms with van der Waals surface area (Å²) in [5.41, 5.74) is 6.88. The molecule has 5 nitrogen and oxygen atoms in total. The lowest BCUT2D eigenvalue weighted by Gasteiger charge is -2.10. The van der Waals surface area contributed by atoms with E-state index in [0.717, 1.165) is 28.5 Å². The first-order valence-corrected chi connectivity index (χ1v) is 9.62. The summed E-state index contributed by atoms with van der Waals surface area (Å²) in [5, 5.41) is 10.8. The van der Waals surface area contributed by atoms with Gasteiger partial charge in [-0.15, -0.1) is 0 Å². The first-order chi connectivity index (χ1) is 13.3. The van der Waals surface area contributed by atoms with Gasteiger partial charge in [-0.3, -0.25) is 4.79 Å². The van der Waals surface area contributed by atoms with Crippen molar-refractivity contribution in [3.8, 4) is 5.69 Å². The fraction of sp³-hybridized carbons (Fsp3) is 0.304. The standard InChI is InChI=1S/C23H28N4O/c1-15(2)19-8-10-20(11-9-19)24-14-22(28)25-23-17(4)26-27(18(23)5)21-12-6-16(3)7-13-21/h6-13,15,24H,14H2,1-5H3,(H,25,28). The molecular formula is C23H28N4O. The van der Waals surface area contributed by atoms with Gasteiger partial charge in [0.15, 0.2) is 0 Å². The minimum absolute atomic E-state index is 0.0948. The summed E-state index contributed by atoms with van der Waals surface area (Å²) in [6.45, 7) is 10.5. The Morgan fingerprint density at radius 2 is 1.64 bits per heavy atom. The average molecular weight is 377 g/mol. The first kappa shape index (κ1) is 19.7. The van der Waals surface area contributed by atoms with Crippen LogP contribution in [0.2, 0.25) is 0 Å². The van der Waals surface area contributed by atoms with Gasteiger partial charge in [0, 0.05) is 5.69 Å². The zero-order chi connectivity index (χ0) is 20.3. The lowest BCUT2D eigenvalue weighted by Crippen LogP contribution is -2.22. The second-order valence-electron chi connectivity index (χ2n) is 7.47. The SMILES string of the molecule is Cc1ccc(-n2nc(C)c(NC(=O)CNc3ccc(C(C)C)cc3)c2C)cc1. The Bertz CT molecular complexity index is 954. The van der Waals surface area contributed by atoms with E-state index in [1.165, 1.54) is 11.1 Å². The summed E-state index contributed by atoms with van der Waals surface area (Å²) in [5.74, 6) is 0.399. The lowest BCUT2D eigenvalue weighted by molar-refractivity contribution is -0.114. The molecule has 2 aromatic carbocycles. The summed E-state index contributed by atoms with van der Waals surface area (Å²) in [7, 11) is 0. The molecule has 3 rings (SSSR count). The van der Waals surface area contributed by atoms with Gasteiger partial charge < -0.3 is 10.6 Å². The van der Waals surface area contributed by atoms with E-state index in [0.29, 0.717) is 5.92 Å². The van der Waals surface area contributed by atoms with Gasteiger partial charge in [0.05, 0.1) is 29.3 Å². The highest BCUT2D eigenvalue weighted by atomic mass is 16.1. The Kier molecular flexibility index (Phi) is 5.83. The van der Waals surface area contributed by atoms with E-state index in [-0.39, 0.29) is 12.5 Å². The molecule has 0 spiro atoms. The van der Waals surface area contributed by atoms with E-state index in [1.807, 2.05) is 42.8 Å². The normalized spacial score (nSPS) is 10.9. The highest BCUT2D eigenvalue weighted by molar-refractivity contribution is 5.94. The van der Waals surface area contributed by atoms with Crippen LogP contribution >= 0.6 is 0 Å². The molecule has 0 aliphatic carbocycles. The predicted molar refractivity (Wildman–Crippen MR) is 115 cm³/mol. The highest BCUT2D eigenvalue weighted by Crippen LogP contribution is 2.23. The van der Waals surface area contributed by atoms with Crippen molar-refractivity contribution in [1.82, 2.24) is 9.78 Å². The molecule has 2 N–H and O–H groups in total. The number of amides is 1. The molecule has 0 fully saturated rings. The minimum atomic E-state index is -0.0948. The molecule has 0 saturated heterocycles. The van der Waals surface area contributed by atoms with Gasteiger partial charge in [0.2, 0.25) is 5.91 Å². The number of benzene rings is 2. The number of carbonyl (C=O) groups is 1. The van der Waals surface area contributed by atoms with Crippen LogP contribution in [0.4, 0.5) is 11.4 Å². The Hall–Kier alpha value is -3.08. The van der Waals surface area contributed by atoms with Crippen LogP contribution in [0.25, 0.3) is 5.69 Å². The zero-order valence-electron chi connectivity index (χ0n) is 17.2. The number of hydrogen-bond acceptors (Lipinski definition) is 3. The largest absolute Gasteiger partial charge is 0.376 e. The molecule has 5 heteroatoms. The Labute approximate surface area is 166 Å². The van der Waals surface area contributed by atoms with E-state index >= 15 is 0 Å². The molecule has 0 atom stereocenters. The second-order valence-corrected chi connectivity index (χ2v) is 7.47. The third kappa shape index (κ3) is 4.42. The number of carbonyl (C=O) groups excluding carboxylic acids is 1. The molecule has 28 heavy (non-hydrogen) atoms. The van der Waals surface area contributed by atoms with Crippen molar-refractivity contribution in [2.75, 3.05) is 17.2 Å². The van der Waals surface area contributed by atoms with Gasteiger partial charge in [-0.1, -0.05) is 43.7 Å². The molecule has 1 amide bonds. The summed E-state index contributed by atoms with van der Waals surface area (Å²) in [6, 6.07) is 16.4. The van der Waals surface area contributed by atoms with Crippen molar-refractivity contribution in [3.05, 3.63) is 71.0 Å². The molecule has 0 saturated carbocycles. The van der Waals surface area contributed by atoms with E-state index in [2.05, 4.69) is 60.8 Å². The maximum atomic E-state index is 12.4. The Morgan fingerprint density at radius 1 is 1.00 bits per heavy atom. The average Bonchev–Trinajstić information content (AvgIpc) is 2.95. The van der Waals surface area contributed by atoms with Gasteiger partial charge in [0.1, 0.15) is 0 Å². The molecule has 0 aliphatic rings. The van der Waals surface area contributed by atoms with E-state index in [1.54, 1.807) is 0 Å². The second kappa shape index (κ2) is 8.30. The number of aryl methyl sites for hydroxylation is 2. The van der Waals surface area contributed by atoms with Crippen molar-refractivity contribution in [2.45, 2.75) is 40.5 Å². The summed E-state index contributed by atoms with van der Waals surface area (Å²) >= 11 is 0. The van der Waals surface area contributed by atoms with Gasteiger partial charge in [0.25, 0.3) is 0 Å². The van der Waals surface area contributed by atoms with E-state index in [4.69, 9.17) is 0 Å². The molecule has 0 unspecified atom stereocenters. The molecule has 0 radical (unpaired) electrons. The van der Waals surface area contributed by atoms with Crippen molar-refractivity contribution >= 4 is 17.3 Å². The third-order valence-electron chi connectivity index (χ3n) is 4.86. The molecular weight excluding hydrogens is 348 g/mol. The fourth-order valence-corrected chi connectivity index (χ4v) is 3.11. The van der Waals surface area contributed by atoms with Crippen LogP contribution in [0, 0.1) is 20.8 Å². The van der Waals surface area contributed by atoms with Crippen LogP contribution in [0.5, 0.6) is 0 Å². The van der Waals surface area contributed by atoms with Crippen molar-refractivity contribution in [1.29, 1.82) is 0 Å². The lowest BCUT2D eigenvalue weighted by atomic mass is 10.0. The number of nitrogens with zero attached hydrogens (tertiary/aromatic N) is 2. The third-order valence-corrected chi connectivity index (χ3v) is 4.86. The topological polar surface area (TPSA) is 59.0 Å². The fourth-order valence-electron chi connectivity index (χ4n) is 3.11. The molecule has 0 bridgehead atoms. The Balaban J connectivity index is 1.66. The quantitative estimate of drug-likeness (QED) is 0.638. The smallest absolute Gasteiger partial charge is 0.243 e. The predicted octanol–water partition coefficient (Wildman–Crippen LogP) is 4.97. The zero-order valence-corrected chi connectivity index (χ0v) is 17.2. The summed E-state index contributed by atoms with van der Waals surface area (Å²) < 4.78 is 1.86. The van der Waals surface area contributed by atoms with Crippen LogP contribution in [0.15, 0.2) is 48.5 Å². The van der Waals surface area contributed by atoms with Crippen LogP contribution in [-0.2, 0) is 4.79 Å². The monoisotopic (exact) mass is 376 g/mol. The van der Waals surface area contributed by atoms with Crippen molar-refractivity contribution in [2.24, 2.45) is 0 Å².